The third-order valence-electron chi connectivity index (χ3n) is 2.89. The van der Waals surface area contributed by atoms with Gasteiger partial charge in [0.05, 0.1) is 11.9 Å². The summed E-state index contributed by atoms with van der Waals surface area (Å²) in [5.41, 5.74) is 1.50. The Kier molecular flexibility index (Phi) is 4.15. The van der Waals surface area contributed by atoms with E-state index in [0.29, 0.717) is 11.4 Å². The fraction of sp³-hybridized carbons (Fsp3) is 0.133. The van der Waals surface area contributed by atoms with Gasteiger partial charge in [-0.05, 0) is 42.8 Å². The van der Waals surface area contributed by atoms with Crippen LogP contribution in [-0.4, -0.2) is 15.2 Å². The van der Waals surface area contributed by atoms with Gasteiger partial charge >= 0.3 is 0 Å². The van der Waals surface area contributed by atoms with Crippen molar-refractivity contribution in [2.45, 2.75) is 13.0 Å². The van der Waals surface area contributed by atoms with E-state index in [-0.39, 0.29) is 5.89 Å². The summed E-state index contributed by atoms with van der Waals surface area (Å²) in [6.45, 7) is 1.95. The topological polar surface area (TPSA) is 61.0 Å². The lowest BCUT2D eigenvalue weighted by Gasteiger charge is -2.16. The van der Waals surface area contributed by atoms with Crippen LogP contribution in [0.3, 0.4) is 0 Å². The van der Waals surface area contributed by atoms with Crippen molar-refractivity contribution in [1.82, 2.24) is 15.2 Å². The molecule has 0 saturated heterocycles. The van der Waals surface area contributed by atoms with E-state index >= 15 is 0 Å². The molecule has 0 spiro atoms. The molecule has 7 heteroatoms. The van der Waals surface area contributed by atoms with E-state index in [1.165, 1.54) is 18.5 Å². The van der Waals surface area contributed by atoms with Crippen LogP contribution in [0, 0.1) is 12.7 Å². The minimum atomic E-state index is -0.711. The van der Waals surface area contributed by atoms with Crippen LogP contribution in [0.1, 0.15) is 23.3 Å². The minimum Gasteiger partial charge on any atom is -0.474 e. The third-order valence-corrected chi connectivity index (χ3v) is 3.35. The van der Waals surface area contributed by atoms with Crippen molar-refractivity contribution in [3.8, 4) is 5.75 Å². The molecule has 1 aromatic carbocycles. The van der Waals surface area contributed by atoms with Gasteiger partial charge in [0, 0.05) is 4.47 Å². The highest BCUT2D eigenvalue weighted by Gasteiger charge is 2.23. The standard InChI is InChI=1S/C15H11BrFN3O2/c1-9-4-10(16)6-12(5-9)22-14(15-20-19-8-21-15)13-3-2-11(17)7-18-13/h2-8,14H,1H3. The number of pyridine rings is 1. The smallest absolute Gasteiger partial charge is 0.263 e. The number of aromatic nitrogens is 3. The molecule has 1 atom stereocenters. The molecular weight excluding hydrogens is 353 g/mol. The zero-order valence-electron chi connectivity index (χ0n) is 11.5. The lowest BCUT2D eigenvalue weighted by atomic mass is 10.2. The molecule has 0 N–H and O–H groups in total. The molecule has 0 saturated carbocycles. The Balaban J connectivity index is 1.97. The summed E-state index contributed by atoms with van der Waals surface area (Å²) in [5.74, 6) is 0.435. The Labute approximate surface area is 134 Å². The predicted molar refractivity (Wildman–Crippen MR) is 79.8 cm³/mol. The highest BCUT2D eigenvalue weighted by molar-refractivity contribution is 9.10. The maximum absolute atomic E-state index is 13.1. The monoisotopic (exact) mass is 363 g/mol. The van der Waals surface area contributed by atoms with Gasteiger partial charge in [-0.25, -0.2) is 4.39 Å². The third kappa shape index (κ3) is 3.30. The Morgan fingerprint density at radius 3 is 2.77 bits per heavy atom. The molecule has 0 aliphatic heterocycles. The lowest BCUT2D eigenvalue weighted by Crippen LogP contribution is -2.12. The number of ether oxygens (including phenoxy) is 1. The molecule has 0 aliphatic rings. The Morgan fingerprint density at radius 2 is 2.14 bits per heavy atom. The number of halogens is 2. The van der Waals surface area contributed by atoms with Gasteiger partial charge in [-0.3, -0.25) is 4.98 Å². The summed E-state index contributed by atoms with van der Waals surface area (Å²) >= 11 is 3.42. The van der Waals surface area contributed by atoms with Crippen LogP contribution in [0.2, 0.25) is 0 Å². The summed E-state index contributed by atoms with van der Waals surface area (Å²) in [6, 6.07) is 8.48. The van der Waals surface area contributed by atoms with Gasteiger partial charge in [0.1, 0.15) is 11.6 Å². The predicted octanol–water partition coefficient (Wildman–Crippen LogP) is 3.84. The first-order valence-electron chi connectivity index (χ1n) is 6.43. The van der Waals surface area contributed by atoms with Crippen molar-refractivity contribution < 1.29 is 13.5 Å². The second-order valence-corrected chi connectivity index (χ2v) is 5.56. The van der Waals surface area contributed by atoms with Crippen LogP contribution in [0.15, 0.2) is 51.8 Å². The number of rotatable bonds is 4. The van der Waals surface area contributed by atoms with Crippen molar-refractivity contribution in [2.75, 3.05) is 0 Å². The summed E-state index contributed by atoms with van der Waals surface area (Å²) in [7, 11) is 0. The van der Waals surface area contributed by atoms with E-state index in [4.69, 9.17) is 9.15 Å². The molecule has 3 aromatic rings. The number of benzene rings is 1. The lowest BCUT2D eigenvalue weighted by molar-refractivity contribution is 0.203. The van der Waals surface area contributed by atoms with Gasteiger partial charge in [0.2, 0.25) is 12.5 Å². The van der Waals surface area contributed by atoms with Crippen molar-refractivity contribution >= 4 is 15.9 Å². The van der Waals surface area contributed by atoms with E-state index in [1.54, 1.807) is 0 Å². The van der Waals surface area contributed by atoms with Crippen molar-refractivity contribution in [1.29, 1.82) is 0 Å². The first-order chi connectivity index (χ1) is 10.6. The average Bonchev–Trinajstić information content (AvgIpc) is 2.99. The van der Waals surface area contributed by atoms with Crippen molar-refractivity contribution in [3.63, 3.8) is 0 Å². The second kappa shape index (κ2) is 6.23. The van der Waals surface area contributed by atoms with Crippen molar-refractivity contribution in [2.24, 2.45) is 0 Å². The van der Waals surface area contributed by atoms with Gasteiger partial charge in [-0.15, -0.1) is 10.2 Å². The molecule has 0 bridgehead atoms. The molecule has 0 radical (unpaired) electrons. The van der Waals surface area contributed by atoms with Gasteiger partial charge in [0.25, 0.3) is 5.89 Å². The molecule has 2 aromatic heterocycles. The van der Waals surface area contributed by atoms with Crippen LogP contribution >= 0.6 is 15.9 Å². The molecule has 0 amide bonds. The highest BCUT2D eigenvalue weighted by atomic mass is 79.9. The molecule has 2 heterocycles. The summed E-state index contributed by atoms with van der Waals surface area (Å²) in [4.78, 5) is 4.04. The first kappa shape index (κ1) is 14.6. The molecule has 5 nitrogen and oxygen atoms in total. The van der Waals surface area contributed by atoms with Crippen LogP contribution in [-0.2, 0) is 0 Å². The minimum absolute atomic E-state index is 0.247. The zero-order valence-corrected chi connectivity index (χ0v) is 13.1. The van der Waals surface area contributed by atoms with Gasteiger partial charge < -0.3 is 9.15 Å². The fourth-order valence-electron chi connectivity index (χ4n) is 1.98. The normalized spacial score (nSPS) is 12.1. The number of nitrogens with zero attached hydrogens (tertiary/aromatic N) is 3. The summed E-state index contributed by atoms with van der Waals surface area (Å²) in [6.07, 6.45) is 1.62. The number of hydrogen-bond acceptors (Lipinski definition) is 5. The number of hydrogen-bond donors (Lipinski definition) is 0. The SMILES string of the molecule is Cc1cc(Br)cc(OC(c2ccc(F)cn2)c2nnco2)c1. The molecular formula is C15H11BrFN3O2. The van der Waals surface area contributed by atoms with Crippen LogP contribution in [0.4, 0.5) is 4.39 Å². The van der Waals surface area contributed by atoms with E-state index in [9.17, 15) is 4.39 Å². The molecule has 22 heavy (non-hydrogen) atoms. The quantitative estimate of drug-likeness (QED) is 0.704. The molecule has 0 aliphatic carbocycles. The Hall–Kier alpha value is -2.28. The summed E-state index contributed by atoms with van der Waals surface area (Å²) in [5, 5.41) is 7.52. The first-order valence-corrected chi connectivity index (χ1v) is 7.22. The average molecular weight is 364 g/mol. The van der Waals surface area contributed by atoms with Crippen molar-refractivity contribution in [3.05, 3.63) is 70.4 Å². The fourth-order valence-corrected chi connectivity index (χ4v) is 2.57. The molecule has 0 fully saturated rings. The molecule has 3 rings (SSSR count). The Morgan fingerprint density at radius 1 is 1.27 bits per heavy atom. The summed E-state index contributed by atoms with van der Waals surface area (Å²) < 4.78 is 25.1. The van der Waals surface area contributed by atoms with Crippen LogP contribution in [0.25, 0.3) is 0 Å². The largest absolute Gasteiger partial charge is 0.474 e. The zero-order chi connectivity index (χ0) is 15.5. The van der Waals surface area contributed by atoms with Gasteiger partial charge in [-0.2, -0.15) is 0 Å². The molecule has 112 valence electrons. The van der Waals surface area contributed by atoms with E-state index in [2.05, 4.69) is 31.1 Å². The second-order valence-electron chi connectivity index (χ2n) is 4.64. The number of aryl methyl sites for hydroxylation is 1. The van der Waals surface area contributed by atoms with E-state index < -0.39 is 11.9 Å². The maximum atomic E-state index is 13.1. The van der Waals surface area contributed by atoms with E-state index in [1.807, 2.05) is 25.1 Å². The van der Waals surface area contributed by atoms with Crippen LogP contribution in [0.5, 0.6) is 5.75 Å². The van der Waals surface area contributed by atoms with Crippen LogP contribution < -0.4 is 4.74 Å². The van der Waals surface area contributed by atoms with Gasteiger partial charge in [0.15, 0.2) is 0 Å². The van der Waals surface area contributed by atoms with E-state index in [0.717, 1.165) is 16.2 Å². The highest BCUT2D eigenvalue weighted by Crippen LogP contribution is 2.29. The Bertz CT molecular complexity index is 743. The van der Waals surface area contributed by atoms with Gasteiger partial charge in [-0.1, -0.05) is 15.9 Å². The molecule has 1 unspecified atom stereocenters. The maximum Gasteiger partial charge on any atom is 0.263 e.